The van der Waals surface area contributed by atoms with Gasteiger partial charge in [-0.05, 0) is 17.7 Å². The van der Waals surface area contributed by atoms with Crippen LogP contribution in [0.5, 0.6) is 11.5 Å². The molecule has 0 unspecified atom stereocenters. The molecule has 3 aromatic rings. The molecular weight excluding hydrogens is 314 g/mol. The number of aromatic nitrogens is 2. The first-order valence-electron chi connectivity index (χ1n) is 7.75. The van der Waals surface area contributed by atoms with E-state index >= 15 is 0 Å². The minimum atomic E-state index is 0.397. The Morgan fingerprint density at radius 1 is 0.960 bits per heavy atom. The van der Waals surface area contributed by atoms with Gasteiger partial charge in [-0.15, -0.1) is 0 Å². The van der Waals surface area contributed by atoms with Gasteiger partial charge in [0.05, 0.1) is 19.9 Å². The summed E-state index contributed by atoms with van der Waals surface area (Å²) in [4.78, 5) is 9.02. The topological polar surface area (TPSA) is 70.3 Å². The van der Waals surface area contributed by atoms with Crippen LogP contribution in [-0.2, 0) is 0 Å². The second kappa shape index (κ2) is 7.05. The van der Waals surface area contributed by atoms with Crippen LogP contribution in [0.4, 0.5) is 5.82 Å². The summed E-state index contributed by atoms with van der Waals surface area (Å²) in [5.41, 5.74) is 9.33. The van der Waals surface area contributed by atoms with Gasteiger partial charge < -0.3 is 15.2 Å². The molecule has 0 amide bonds. The van der Waals surface area contributed by atoms with Crippen molar-refractivity contribution in [2.45, 2.75) is 0 Å². The second-order valence-electron chi connectivity index (χ2n) is 5.37. The highest BCUT2D eigenvalue weighted by atomic mass is 16.5. The first-order valence-corrected chi connectivity index (χ1v) is 7.75. The molecule has 1 aromatic heterocycles. The van der Waals surface area contributed by atoms with E-state index in [1.807, 2.05) is 42.5 Å². The highest BCUT2D eigenvalue weighted by molar-refractivity contribution is 5.78. The number of nitrogens with two attached hydrogens (primary N) is 1. The van der Waals surface area contributed by atoms with Crippen LogP contribution in [0.25, 0.3) is 28.7 Å². The Hall–Kier alpha value is -3.34. The van der Waals surface area contributed by atoms with Gasteiger partial charge in [-0.1, -0.05) is 43.0 Å². The Morgan fingerprint density at radius 3 is 2.28 bits per heavy atom. The second-order valence-corrected chi connectivity index (χ2v) is 5.37. The Morgan fingerprint density at radius 2 is 1.64 bits per heavy atom. The lowest BCUT2D eigenvalue weighted by molar-refractivity contribution is 0.355. The van der Waals surface area contributed by atoms with Crippen LogP contribution in [0, 0.1) is 0 Å². The van der Waals surface area contributed by atoms with Crippen molar-refractivity contribution >= 4 is 11.9 Å². The summed E-state index contributed by atoms with van der Waals surface area (Å²) in [6, 6.07) is 15.2. The predicted octanol–water partition coefficient (Wildman–Crippen LogP) is 4.05. The lowest BCUT2D eigenvalue weighted by Gasteiger charge is -2.13. The van der Waals surface area contributed by atoms with E-state index < -0.39 is 0 Å². The molecule has 0 spiro atoms. The summed E-state index contributed by atoms with van der Waals surface area (Å²) in [6.45, 7) is 3.88. The molecule has 0 aliphatic rings. The Kier molecular flexibility index (Phi) is 4.66. The molecule has 0 saturated heterocycles. The number of nitrogen functional groups attached to an aromatic ring is 1. The number of nitrogens with zero attached hydrogens (tertiary/aromatic N) is 2. The highest BCUT2D eigenvalue weighted by Crippen LogP contribution is 2.36. The van der Waals surface area contributed by atoms with Gasteiger partial charge in [0.25, 0.3) is 0 Å². The number of methoxy groups -OCH3 is 2. The molecule has 0 atom stereocenters. The van der Waals surface area contributed by atoms with E-state index in [0.717, 1.165) is 16.7 Å². The van der Waals surface area contributed by atoms with Crippen molar-refractivity contribution in [3.05, 3.63) is 60.7 Å². The first kappa shape index (κ1) is 16.5. The molecule has 1 heterocycles. The van der Waals surface area contributed by atoms with E-state index in [1.54, 1.807) is 26.4 Å². The summed E-state index contributed by atoms with van der Waals surface area (Å²) in [5.74, 6) is 2.21. The van der Waals surface area contributed by atoms with Crippen LogP contribution < -0.4 is 15.2 Å². The van der Waals surface area contributed by atoms with E-state index in [4.69, 9.17) is 15.2 Å². The van der Waals surface area contributed by atoms with Crippen molar-refractivity contribution in [1.29, 1.82) is 0 Å². The van der Waals surface area contributed by atoms with Crippen LogP contribution in [0.1, 0.15) is 5.56 Å². The zero-order valence-electron chi connectivity index (χ0n) is 14.2. The maximum absolute atomic E-state index is 6.02. The molecule has 2 N–H and O–H groups in total. The molecule has 3 rings (SSSR count). The molecule has 0 bridgehead atoms. The van der Waals surface area contributed by atoms with E-state index in [2.05, 4.69) is 16.5 Å². The monoisotopic (exact) mass is 333 g/mol. The maximum atomic E-state index is 6.02. The fourth-order valence-corrected chi connectivity index (χ4v) is 2.61. The number of anilines is 1. The van der Waals surface area contributed by atoms with Gasteiger partial charge in [0.15, 0.2) is 17.3 Å². The number of hydrogen-bond acceptors (Lipinski definition) is 5. The van der Waals surface area contributed by atoms with E-state index in [1.165, 1.54) is 0 Å². The van der Waals surface area contributed by atoms with Gasteiger partial charge in [-0.3, -0.25) is 0 Å². The van der Waals surface area contributed by atoms with E-state index in [0.29, 0.717) is 28.8 Å². The summed E-state index contributed by atoms with van der Waals surface area (Å²) in [6.07, 6.45) is 1.75. The first-order chi connectivity index (χ1) is 12.2. The van der Waals surface area contributed by atoms with Crippen LogP contribution in [-0.4, -0.2) is 24.2 Å². The molecule has 5 heteroatoms. The number of hydrogen-bond donors (Lipinski definition) is 1. The smallest absolute Gasteiger partial charge is 0.162 e. The van der Waals surface area contributed by atoms with E-state index in [-0.39, 0.29) is 0 Å². The number of rotatable bonds is 5. The molecule has 0 saturated carbocycles. The third-order valence-corrected chi connectivity index (χ3v) is 3.83. The quantitative estimate of drug-likeness (QED) is 0.762. The van der Waals surface area contributed by atoms with Gasteiger partial charge >= 0.3 is 0 Å². The Labute approximate surface area is 146 Å². The van der Waals surface area contributed by atoms with Crippen molar-refractivity contribution in [3.8, 4) is 34.1 Å². The average molecular weight is 333 g/mol. The summed E-state index contributed by atoms with van der Waals surface area (Å²) < 4.78 is 10.8. The molecule has 0 aliphatic carbocycles. The van der Waals surface area contributed by atoms with Crippen molar-refractivity contribution < 1.29 is 9.47 Å². The third-order valence-electron chi connectivity index (χ3n) is 3.83. The molecule has 5 nitrogen and oxygen atoms in total. The van der Waals surface area contributed by atoms with Crippen molar-refractivity contribution in [3.63, 3.8) is 0 Å². The van der Waals surface area contributed by atoms with Gasteiger partial charge in [-0.2, -0.15) is 0 Å². The normalized spacial score (nSPS) is 10.3. The molecule has 25 heavy (non-hydrogen) atoms. The third kappa shape index (κ3) is 3.30. The van der Waals surface area contributed by atoms with Crippen LogP contribution >= 0.6 is 0 Å². The lowest BCUT2D eigenvalue weighted by atomic mass is 10.0. The minimum absolute atomic E-state index is 0.397. The summed E-state index contributed by atoms with van der Waals surface area (Å²) >= 11 is 0. The van der Waals surface area contributed by atoms with Gasteiger partial charge in [0, 0.05) is 17.2 Å². The largest absolute Gasteiger partial charge is 0.493 e. The SMILES string of the molecule is C=Cc1cc(OC)c(OC)cc1-c1cc(N)nc(-c2ccccc2)n1. The fourth-order valence-electron chi connectivity index (χ4n) is 2.61. The van der Waals surface area contributed by atoms with E-state index in [9.17, 15) is 0 Å². The molecule has 0 fully saturated rings. The zero-order valence-corrected chi connectivity index (χ0v) is 14.2. The molecular formula is C20H19N3O2. The average Bonchev–Trinajstić information content (AvgIpc) is 2.67. The minimum Gasteiger partial charge on any atom is -0.493 e. The molecule has 2 aromatic carbocycles. The van der Waals surface area contributed by atoms with Crippen molar-refractivity contribution in [1.82, 2.24) is 9.97 Å². The number of ether oxygens (including phenoxy) is 2. The zero-order chi connectivity index (χ0) is 17.8. The van der Waals surface area contributed by atoms with Crippen LogP contribution in [0.2, 0.25) is 0 Å². The fraction of sp³-hybridized carbons (Fsp3) is 0.100. The molecule has 0 aliphatic heterocycles. The van der Waals surface area contributed by atoms with Gasteiger partial charge in [-0.25, -0.2) is 9.97 Å². The van der Waals surface area contributed by atoms with Gasteiger partial charge in [0.2, 0.25) is 0 Å². The van der Waals surface area contributed by atoms with Crippen molar-refractivity contribution in [2.24, 2.45) is 0 Å². The highest BCUT2D eigenvalue weighted by Gasteiger charge is 2.14. The standard InChI is InChI=1S/C20H19N3O2/c1-4-13-10-17(24-2)18(25-3)11-15(13)16-12-19(21)23-20(22-16)14-8-6-5-7-9-14/h4-12H,1H2,2-3H3,(H2,21,22,23). The molecule has 0 radical (unpaired) electrons. The predicted molar refractivity (Wildman–Crippen MR) is 101 cm³/mol. The van der Waals surface area contributed by atoms with Crippen LogP contribution in [0.3, 0.4) is 0 Å². The summed E-state index contributed by atoms with van der Waals surface area (Å²) in [5, 5.41) is 0. The lowest BCUT2D eigenvalue weighted by Crippen LogP contribution is -2.00. The number of benzene rings is 2. The summed E-state index contributed by atoms with van der Waals surface area (Å²) in [7, 11) is 3.19. The maximum Gasteiger partial charge on any atom is 0.162 e. The molecule has 126 valence electrons. The van der Waals surface area contributed by atoms with Crippen LogP contribution in [0.15, 0.2) is 55.1 Å². The van der Waals surface area contributed by atoms with Gasteiger partial charge in [0.1, 0.15) is 5.82 Å². The van der Waals surface area contributed by atoms with Crippen molar-refractivity contribution in [2.75, 3.05) is 20.0 Å². The Balaban J connectivity index is 2.19. The Bertz CT molecular complexity index is 908.